The van der Waals surface area contributed by atoms with Crippen molar-refractivity contribution in [1.82, 2.24) is 9.97 Å². The SMILES string of the molecule is CCCCC#Cc1ncc(C=O)cn1. The number of hydrogen-bond acceptors (Lipinski definition) is 3. The van der Waals surface area contributed by atoms with Crippen molar-refractivity contribution in [1.29, 1.82) is 0 Å². The number of hydrogen-bond donors (Lipinski definition) is 0. The molecule has 0 spiro atoms. The van der Waals surface area contributed by atoms with Crippen molar-refractivity contribution in [3.05, 3.63) is 23.8 Å². The van der Waals surface area contributed by atoms with Gasteiger partial charge < -0.3 is 0 Å². The normalized spacial score (nSPS) is 8.93. The third kappa shape index (κ3) is 3.36. The maximum absolute atomic E-state index is 10.3. The Morgan fingerprint density at radius 3 is 2.71 bits per heavy atom. The van der Waals surface area contributed by atoms with Gasteiger partial charge in [-0.1, -0.05) is 19.3 Å². The fourth-order valence-electron chi connectivity index (χ4n) is 0.870. The zero-order valence-electron chi connectivity index (χ0n) is 8.16. The zero-order chi connectivity index (χ0) is 10.2. The molecule has 72 valence electrons. The summed E-state index contributed by atoms with van der Waals surface area (Å²) in [6.45, 7) is 2.12. The number of unbranched alkanes of at least 4 members (excludes halogenated alkanes) is 2. The third-order valence-electron chi connectivity index (χ3n) is 1.66. The lowest BCUT2D eigenvalue weighted by Gasteiger charge is -1.89. The van der Waals surface area contributed by atoms with Gasteiger partial charge in [0.2, 0.25) is 5.82 Å². The van der Waals surface area contributed by atoms with Gasteiger partial charge in [-0.25, -0.2) is 9.97 Å². The number of carbonyl (C=O) groups excluding carboxylic acids is 1. The second-order valence-corrected chi connectivity index (χ2v) is 2.86. The highest BCUT2D eigenvalue weighted by Crippen LogP contribution is 1.93. The number of rotatable bonds is 3. The van der Waals surface area contributed by atoms with Gasteiger partial charge in [-0.3, -0.25) is 4.79 Å². The molecule has 3 heteroatoms. The minimum atomic E-state index is 0.476. The van der Waals surface area contributed by atoms with E-state index < -0.39 is 0 Å². The topological polar surface area (TPSA) is 42.9 Å². The smallest absolute Gasteiger partial charge is 0.204 e. The molecule has 14 heavy (non-hydrogen) atoms. The van der Waals surface area contributed by atoms with Crippen LogP contribution in [0.3, 0.4) is 0 Å². The monoisotopic (exact) mass is 188 g/mol. The van der Waals surface area contributed by atoms with Gasteiger partial charge in [0.1, 0.15) is 0 Å². The Morgan fingerprint density at radius 1 is 1.43 bits per heavy atom. The minimum Gasteiger partial charge on any atom is -0.298 e. The number of aromatic nitrogens is 2. The zero-order valence-corrected chi connectivity index (χ0v) is 8.16. The van der Waals surface area contributed by atoms with E-state index in [0.717, 1.165) is 19.3 Å². The average Bonchev–Trinajstić information content (AvgIpc) is 2.25. The van der Waals surface area contributed by atoms with Crippen molar-refractivity contribution in [2.45, 2.75) is 26.2 Å². The van der Waals surface area contributed by atoms with E-state index in [9.17, 15) is 4.79 Å². The van der Waals surface area contributed by atoms with Gasteiger partial charge in [0, 0.05) is 18.8 Å². The van der Waals surface area contributed by atoms with Crippen LogP contribution in [0.4, 0.5) is 0 Å². The molecule has 0 saturated heterocycles. The highest BCUT2D eigenvalue weighted by molar-refractivity contribution is 5.73. The molecular formula is C11H12N2O. The lowest BCUT2D eigenvalue weighted by Crippen LogP contribution is -1.90. The van der Waals surface area contributed by atoms with Gasteiger partial charge in [0.15, 0.2) is 6.29 Å². The van der Waals surface area contributed by atoms with E-state index in [2.05, 4.69) is 28.7 Å². The second kappa shape index (κ2) is 5.87. The van der Waals surface area contributed by atoms with Gasteiger partial charge in [0.05, 0.1) is 5.56 Å². The molecule has 0 amide bonds. The van der Waals surface area contributed by atoms with Crippen LogP contribution in [-0.2, 0) is 0 Å². The summed E-state index contributed by atoms with van der Waals surface area (Å²) in [6, 6.07) is 0. The molecule has 0 aliphatic carbocycles. The molecule has 1 aromatic heterocycles. The third-order valence-corrected chi connectivity index (χ3v) is 1.66. The largest absolute Gasteiger partial charge is 0.298 e. The van der Waals surface area contributed by atoms with Crippen molar-refractivity contribution in [3.8, 4) is 11.8 Å². The Morgan fingerprint density at radius 2 is 2.14 bits per heavy atom. The molecule has 0 atom stereocenters. The summed E-state index contributed by atoms with van der Waals surface area (Å²) >= 11 is 0. The second-order valence-electron chi connectivity index (χ2n) is 2.86. The molecule has 0 aliphatic heterocycles. The van der Waals surface area contributed by atoms with Crippen LogP contribution in [0.25, 0.3) is 0 Å². The fraction of sp³-hybridized carbons (Fsp3) is 0.364. The van der Waals surface area contributed by atoms with E-state index in [4.69, 9.17) is 0 Å². The number of nitrogens with zero attached hydrogens (tertiary/aromatic N) is 2. The summed E-state index contributed by atoms with van der Waals surface area (Å²) in [4.78, 5) is 18.2. The average molecular weight is 188 g/mol. The van der Waals surface area contributed by atoms with Gasteiger partial charge in [-0.2, -0.15) is 0 Å². The van der Waals surface area contributed by atoms with E-state index >= 15 is 0 Å². The van der Waals surface area contributed by atoms with Crippen molar-refractivity contribution in [2.24, 2.45) is 0 Å². The van der Waals surface area contributed by atoms with Crippen molar-refractivity contribution < 1.29 is 4.79 Å². The van der Waals surface area contributed by atoms with E-state index in [1.807, 2.05) is 0 Å². The molecule has 0 fully saturated rings. The molecule has 0 saturated carbocycles. The lowest BCUT2D eigenvalue weighted by atomic mass is 10.2. The van der Waals surface area contributed by atoms with E-state index in [-0.39, 0.29) is 0 Å². The Balaban J connectivity index is 2.57. The van der Waals surface area contributed by atoms with Gasteiger partial charge in [-0.05, 0) is 12.3 Å². The van der Waals surface area contributed by atoms with Crippen molar-refractivity contribution >= 4 is 6.29 Å². The highest BCUT2D eigenvalue weighted by atomic mass is 16.1. The Kier molecular flexibility index (Phi) is 4.36. The molecule has 0 aliphatic rings. The first-order chi connectivity index (χ1) is 6.86. The molecule has 1 rings (SSSR count). The molecule has 0 radical (unpaired) electrons. The van der Waals surface area contributed by atoms with Crippen LogP contribution in [0.1, 0.15) is 42.4 Å². The molecular weight excluding hydrogens is 176 g/mol. The highest BCUT2D eigenvalue weighted by Gasteiger charge is 1.91. The van der Waals surface area contributed by atoms with Gasteiger partial charge >= 0.3 is 0 Å². The predicted octanol–water partition coefficient (Wildman–Crippen LogP) is 1.83. The van der Waals surface area contributed by atoms with Crippen LogP contribution in [-0.4, -0.2) is 16.3 Å². The molecule has 1 heterocycles. The molecule has 0 bridgehead atoms. The Bertz CT molecular complexity index is 346. The van der Waals surface area contributed by atoms with E-state index in [1.165, 1.54) is 12.4 Å². The molecule has 3 nitrogen and oxygen atoms in total. The summed E-state index contributed by atoms with van der Waals surface area (Å²) in [5.41, 5.74) is 0.476. The lowest BCUT2D eigenvalue weighted by molar-refractivity contribution is 0.112. The molecule has 0 aromatic carbocycles. The van der Waals surface area contributed by atoms with Crippen molar-refractivity contribution in [2.75, 3.05) is 0 Å². The van der Waals surface area contributed by atoms with Crippen LogP contribution in [0.5, 0.6) is 0 Å². The minimum absolute atomic E-state index is 0.476. The van der Waals surface area contributed by atoms with Crippen LogP contribution in [0.2, 0.25) is 0 Å². The summed E-state index contributed by atoms with van der Waals surface area (Å²) in [5, 5.41) is 0. The van der Waals surface area contributed by atoms with Crippen LogP contribution in [0, 0.1) is 11.8 Å². The number of carbonyl (C=O) groups is 1. The first-order valence-corrected chi connectivity index (χ1v) is 4.63. The van der Waals surface area contributed by atoms with Crippen LogP contribution < -0.4 is 0 Å². The Labute approximate surface area is 83.6 Å². The van der Waals surface area contributed by atoms with Crippen molar-refractivity contribution in [3.63, 3.8) is 0 Å². The quantitative estimate of drug-likeness (QED) is 0.413. The maximum atomic E-state index is 10.3. The first kappa shape index (κ1) is 10.4. The molecule has 0 N–H and O–H groups in total. The van der Waals surface area contributed by atoms with Gasteiger partial charge in [-0.15, -0.1) is 0 Å². The summed E-state index contributed by atoms with van der Waals surface area (Å²) in [6.07, 6.45) is 6.77. The Hall–Kier alpha value is -1.69. The standard InChI is InChI=1S/C11H12N2O/c1-2-3-4-5-6-11-12-7-10(9-14)8-13-11/h7-9H,2-4H2,1H3. The first-order valence-electron chi connectivity index (χ1n) is 4.63. The summed E-state index contributed by atoms with van der Waals surface area (Å²) in [5.74, 6) is 6.30. The van der Waals surface area contributed by atoms with Crippen LogP contribution in [0.15, 0.2) is 12.4 Å². The summed E-state index contributed by atoms with van der Waals surface area (Å²) in [7, 11) is 0. The van der Waals surface area contributed by atoms with Crippen LogP contribution >= 0.6 is 0 Å². The summed E-state index contributed by atoms with van der Waals surface area (Å²) < 4.78 is 0. The predicted molar refractivity (Wildman–Crippen MR) is 53.8 cm³/mol. The molecule has 0 unspecified atom stereocenters. The fourth-order valence-corrected chi connectivity index (χ4v) is 0.870. The molecule has 1 aromatic rings. The van der Waals surface area contributed by atoms with E-state index in [1.54, 1.807) is 0 Å². The maximum Gasteiger partial charge on any atom is 0.204 e. The van der Waals surface area contributed by atoms with Gasteiger partial charge in [0.25, 0.3) is 0 Å². The number of aldehydes is 1. The van der Waals surface area contributed by atoms with E-state index in [0.29, 0.717) is 17.7 Å².